The van der Waals surface area contributed by atoms with Gasteiger partial charge in [-0.1, -0.05) is 6.92 Å². The van der Waals surface area contributed by atoms with Crippen LogP contribution < -0.4 is 0 Å². The molecule has 5 heteroatoms. The lowest BCUT2D eigenvalue weighted by Gasteiger charge is -2.25. The third-order valence-corrected chi connectivity index (χ3v) is 3.50. The van der Waals surface area contributed by atoms with Gasteiger partial charge in [0.15, 0.2) is 0 Å². The molecule has 1 N–H and O–H groups in total. The second kappa shape index (κ2) is 4.89. The van der Waals surface area contributed by atoms with Crippen molar-refractivity contribution in [2.75, 3.05) is 0 Å². The Kier molecular flexibility index (Phi) is 3.49. The third-order valence-electron chi connectivity index (χ3n) is 2.72. The predicted octanol–water partition coefficient (Wildman–Crippen LogP) is 2.52. The second-order valence-corrected chi connectivity index (χ2v) is 4.83. The maximum absolute atomic E-state index is 12.8. The number of hydrogen-bond acceptors (Lipinski definition) is 4. The Morgan fingerprint density at radius 3 is 2.76 bits per heavy atom. The summed E-state index contributed by atoms with van der Waals surface area (Å²) in [6.07, 6.45) is 3.73. The summed E-state index contributed by atoms with van der Waals surface area (Å²) in [5.74, 6) is -0.401. The molecule has 0 aliphatic carbocycles. The summed E-state index contributed by atoms with van der Waals surface area (Å²) in [5.41, 5.74) is -0.595. The minimum absolute atomic E-state index is 0.401. The van der Waals surface area contributed by atoms with Crippen molar-refractivity contribution in [3.63, 3.8) is 0 Å². The van der Waals surface area contributed by atoms with Crippen molar-refractivity contribution in [1.82, 2.24) is 9.97 Å². The fourth-order valence-corrected chi connectivity index (χ4v) is 2.36. The highest BCUT2D eigenvalue weighted by molar-refractivity contribution is 7.09. The molecule has 2 aromatic heterocycles. The molecule has 0 amide bonds. The van der Waals surface area contributed by atoms with E-state index < -0.39 is 11.4 Å². The van der Waals surface area contributed by atoms with Crippen LogP contribution in [-0.2, 0) is 12.0 Å². The van der Waals surface area contributed by atoms with Crippen LogP contribution in [0.1, 0.15) is 24.0 Å². The maximum Gasteiger partial charge on any atom is 0.141 e. The molecule has 1 unspecified atom stereocenters. The number of aromatic nitrogens is 2. The van der Waals surface area contributed by atoms with Crippen molar-refractivity contribution in [3.8, 4) is 0 Å². The van der Waals surface area contributed by atoms with Crippen molar-refractivity contribution in [1.29, 1.82) is 0 Å². The van der Waals surface area contributed by atoms with E-state index in [9.17, 15) is 9.50 Å². The summed E-state index contributed by atoms with van der Waals surface area (Å²) in [5, 5.41) is 13.2. The summed E-state index contributed by atoms with van der Waals surface area (Å²) < 4.78 is 12.8. The first-order chi connectivity index (χ1) is 8.14. The fraction of sp³-hybridized carbons (Fsp3) is 0.333. The van der Waals surface area contributed by atoms with Gasteiger partial charge in [-0.3, -0.25) is 4.98 Å². The lowest BCUT2D eigenvalue weighted by Crippen LogP contribution is -2.28. The Hall–Kier alpha value is -1.33. The quantitative estimate of drug-likeness (QED) is 0.909. The molecule has 17 heavy (non-hydrogen) atoms. The topological polar surface area (TPSA) is 46.0 Å². The molecule has 2 heterocycles. The number of nitrogens with zero attached hydrogens (tertiary/aromatic N) is 2. The molecule has 90 valence electrons. The van der Waals surface area contributed by atoms with E-state index in [4.69, 9.17) is 0 Å². The molecule has 1 atom stereocenters. The molecule has 0 aromatic carbocycles. The van der Waals surface area contributed by atoms with Gasteiger partial charge in [0.05, 0.1) is 16.9 Å². The van der Waals surface area contributed by atoms with Gasteiger partial charge in [-0.25, -0.2) is 9.37 Å². The highest BCUT2D eigenvalue weighted by atomic mass is 32.1. The summed E-state index contributed by atoms with van der Waals surface area (Å²) in [7, 11) is 0. The van der Waals surface area contributed by atoms with Gasteiger partial charge >= 0.3 is 0 Å². The first-order valence-electron chi connectivity index (χ1n) is 5.37. The van der Waals surface area contributed by atoms with Crippen molar-refractivity contribution in [2.24, 2.45) is 0 Å². The molecule has 0 fully saturated rings. The van der Waals surface area contributed by atoms with Gasteiger partial charge in [-0.15, -0.1) is 11.3 Å². The lowest BCUT2D eigenvalue weighted by atomic mass is 9.92. The highest BCUT2D eigenvalue weighted by Crippen LogP contribution is 2.28. The molecule has 0 spiro atoms. The van der Waals surface area contributed by atoms with Gasteiger partial charge in [0, 0.05) is 18.0 Å². The number of thiazole rings is 1. The van der Waals surface area contributed by atoms with Crippen LogP contribution in [0.2, 0.25) is 0 Å². The molecular formula is C12H13FN2OS. The van der Waals surface area contributed by atoms with Gasteiger partial charge in [-0.2, -0.15) is 0 Å². The first-order valence-corrected chi connectivity index (χ1v) is 6.25. The number of hydrogen-bond donors (Lipinski definition) is 1. The Labute approximate surface area is 103 Å². The first kappa shape index (κ1) is 12.1. The van der Waals surface area contributed by atoms with E-state index in [1.165, 1.54) is 23.5 Å². The van der Waals surface area contributed by atoms with Crippen LogP contribution in [0.15, 0.2) is 29.9 Å². The normalized spacial score (nSPS) is 14.5. The van der Waals surface area contributed by atoms with Gasteiger partial charge in [-0.05, 0) is 18.6 Å². The molecule has 2 rings (SSSR count). The number of aliphatic hydroxyl groups is 1. The van der Waals surface area contributed by atoms with E-state index in [0.717, 1.165) is 11.2 Å². The Bertz CT molecular complexity index is 472. The van der Waals surface area contributed by atoms with Crippen LogP contribution in [-0.4, -0.2) is 15.1 Å². The molecule has 0 aliphatic rings. The molecule has 0 aliphatic heterocycles. The van der Waals surface area contributed by atoms with Gasteiger partial charge in [0.1, 0.15) is 11.4 Å². The smallest absolute Gasteiger partial charge is 0.141 e. The van der Waals surface area contributed by atoms with E-state index in [1.807, 2.05) is 12.3 Å². The average molecular weight is 252 g/mol. The molecular weight excluding hydrogens is 239 g/mol. The minimum Gasteiger partial charge on any atom is -0.383 e. The lowest BCUT2D eigenvalue weighted by molar-refractivity contribution is 0.0281. The molecule has 0 saturated heterocycles. The number of rotatable bonds is 4. The zero-order valence-electron chi connectivity index (χ0n) is 9.43. The van der Waals surface area contributed by atoms with Crippen molar-refractivity contribution in [3.05, 3.63) is 46.4 Å². The van der Waals surface area contributed by atoms with E-state index in [2.05, 4.69) is 9.97 Å². The van der Waals surface area contributed by atoms with Crippen LogP contribution in [0.3, 0.4) is 0 Å². The summed E-state index contributed by atoms with van der Waals surface area (Å²) in [4.78, 5) is 8.10. The van der Waals surface area contributed by atoms with Gasteiger partial charge in [0.2, 0.25) is 0 Å². The van der Waals surface area contributed by atoms with E-state index in [1.54, 1.807) is 6.20 Å². The molecule has 3 nitrogen and oxygen atoms in total. The highest BCUT2D eigenvalue weighted by Gasteiger charge is 2.30. The second-order valence-electron chi connectivity index (χ2n) is 3.85. The van der Waals surface area contributed by atoms with E-state index in [-0.39, 0.29) is 0 Å². The van der Waals surface area contributed by atoms with Crippen molar-refractivity contribution < 1.29 is 9.50 Å². The van der Waals surface area contributed by atoms with Crippen LogP contribution in [0.4, 0.5) is 4.39 Å². The minimum atomic E-state index is -1.08. The third kappa shape index (κ3) is 2.68. The predicted molar refractivity (Wildman–Crippen MR) is 64.2 cm³/mol. The molecule has 2 aromatic rings. The van der Waals surface area contributed by atoms with Crippen molar-refractivity contribution >= 4 is 11.3 Å². The van der Waals surface area contributed by atoms with E-state index >= 15 is 0 Å². The van der Waals surface area contributed by atoms with Gasteiger partial charge in [0.25, 0.3) is 0 Å². The summed E-state index contributed by atoms with van der Waals surface area (Å²) >= 11 is 1.49. The Morgan fingerprint density at radius 1 is 1.41 bits per heavy atom. The SMILES string of the molecule is CCC(O)(Cc1nccs1)c1ccc(F)cn1. The van der Waals surface area contributed by atoms with Gasteiger partial charge < -0.3 is 5.11 Å². The van der Waals surface area contributed by atoms with Crippen molar-refractivity contribution in [2.45, 2.75) is 25.4 Å². The number of halogens is 1. The van der Waals surface area contributed by atoms with Crippen LogP contribution in [0.5, 0.6) is 0 Å². The molecule has 0 saturated carbocycles. The summed E-state index contributed by atoms with van der Waals surface area (Å²) in [6.45, 7) is 1.87. The molecule has 0 radical (unpaired) electrons. The Balaban J connectivity index is 2.27. The van der Waals surface area contributed by atoms with Crippen LogP contribution >= 0.6 is 11.3 Å². The Morgan fingerprint density at radius 2 is 2.24 bits per heavy atom. The monoisotopic (exact) mass is 252 g/mol. The van der Waals surface area contributed by atoms with E-state index in [0.29, 0.717) is 18.5 Å². The number of pyridine rings is 1. The maximum atomic E-state index is 12.8. The zero-order chi connectivity index (χ0) is 12.3. The van der Waals surface area contributed by atoms with Crippen LogP contribution in [0, 0.1) is 5.82 Å². The molecule has 0 bridgehead atoms. The largest absolute Gasteiger partial charge is 0.383 e. The standard InChI is InChI=1S/C12H13FN2OS/c1-2-12(16,7-11-14-5-6-17-11)10-4-3-9(13)8-15-10/h3-6,8,16H,2,7H2,1H3. The van der Waals surface area contributed by atoms with Crippen LogP contribution in [0.25, 0.3) is 0 Å². The average Bonchev–Trinajstić information content (AvgIpc) is 2.82. The summed E-state index contributed by atoms with van der Waals surface area (Å²) in [6, 6.07) is 2.83. The fourth-order valence-electron chi connectivity index (χ4n) is 1.64. The zero-order valence-corrected chi connectivity index (χ0v) is 10.2.